The van der Waals surface area contributed by atoms with Crippen LogP contribution in [0.4, 0.5) is 5.82 Å². The minimum atomic E-state index is 0.829. The van der Waals surface area contributed by atoms with Gasteiger partial charge in [-0.25, -0.2) is 9.97 Å². The maximum Gasteiger partial charge on any atom is 0.126 e. The molecular formula is C28H37N5. The molecule has 3 rings (SSSR count). The Labute approximate surface area is 199 Å². The number of hydrogen-bond donors (Lipinski definition) is 2. The number of allylic oxidation sites excluding steroid dienone is 5. The van der Waals surface area contributed by atoms with Gasteiger partial charge in [-0.15, -0.1) is 0 Å². The lowest BCUT2D eigenvalue weighted by Crippen LogP contribution is -2.04. The van der Waals surface area contributed by atoms with E-state index in [4.69, 9.17) is 0 Å². The molecular weight excluding hydrogens is 406 g/mol. The van der Waals surface area contributed by atoms with Crippen molar-refractivity contribution in [2.24, 2.45) is 7.05 Å². The van der Waals surface area contributed by atoms with E-state index in [1.165, 1.54) is 5.39 Å². The van der Waals surface area contributed by atoms with Crippen molar-refractivity contribution in [2.45, 2.75) is 20.8 Å². The van der Waals surface area contributed by atoms with Crippen molar-refractivity contribution in [1.29, 1.82) is 0 Å². The van der Waals surface area contributed by atoms with Gasteiger partial charge in [0.05, 0.1) is 18.2 Å². The zero-order valence-corrected chi connectivity index (χ0v) is 20.8. The number of rotatable bonds is 7. The number of aromatic nitrogens is 3. The number of likely N-dealkylation sites (N-methyl/N-ethyl adjacent to an activating group) is 1. The van der Waals surface area contributed by atoms with Crippen molar-refractivity contribution in [3.05, 3.63) is 104 Å². The van der Waals surface area contributed by atoms with E-state index in [0.717, 1.165) is 39.3 Å². The predicted molar refractivity (Wildman–Crippen MR) is 145 cm³/mol. The molecule has 0 aliphatic carbocycles. The van der Waals surface area contributed by atoms with Crippen LogP contribution < -0.4 is 10.6 Å². The quantitative estimate of drug-likeness (QED) is 0.401. The first kappa shape index (κ1) is 27.2. The van der Waals surface area contributed by atoms with Crippen LogP contribution in [0.2, 0.25) is 0 Å². The first-order chi connectivity index (χ1) is 15.9. The SMILES string of the molecule is C=CC(/C=C\C(=C)C(=C)NC)=C/C.CC.CNc1cc2cc(-c3cncn3C)ccc2cn1. The molecule has 2 aromatic heterocycles. The molecule has 1 aromatic carbocycles. The number of hydrogen-bond acceptors (Lipinski definition) is 4. The molecule has 2 heterocycles. The highest BCUT2D eigenvalue weighted by Crippen LogP contribution is 2.24. The van der Waals surface area contributed by atoms with Gasteiger partial charge in [0.2, 0.25) is 0 Å². The van der Waals surface area contributed by atoms with Crippen LogP contribution in [0.25, 0.3) is 22.0 Å². The van der Waals surface area contributed by atoms with Crippen molar-refractivity contribution in [3.8, 4) is 11.3 Å². The molecule has 33 heavy (non-hydrogen) atoms. The zero-order valence-electron chi connectivity index (χ0n) is 20.8. The summed E-state index contributed by atoms with van der Waals surface area (Å²) in [6.45, 7) is 17.3. The molecule has 3 aromatic rings. The summed E-state index contributed by atoms with van der Waals surface area (Å²) in [6, 6.07) is 8.40. The third-order valence-corrected chi connectivity index (χ3v) is 4.83. The van der Waals surface area contributed by atoms with Gasteiger partial charge in [-0.2, -0.15) is 0 Å². The fraction of sp³-hybridized carbons (Fsp3) is 0.214. The maximum absolute atomic E-state index is 4.31. The summed E-state index contributed by atoms with van der Waals surface area (Å²) in [4.78, 5) is 8.46. The largest absolute Gasteiger partial charge is 0.388 e. The molecule has 0 bridgehead atoms. The molecule has 0 aliphatic rings. The van der Waals surface area contributed by atoms with E-state index >= 15 is 0 Å². The van der Waals surface area contributed by atoms with Crippen LogP contribution >= 0.6 is 0 Å². The number of aryl methyl sites for hydroxylation is 1. The van der Waals surface area contributed by atoms with E-state index in [1.807, 2.05) is 83.4 Å². The first-order valence-electron chi connectivity index (χ1n) is 11.0. The standard InChI is InChI=1S/C14H14N4.C12H17N.C2H6/c1-15-14-6-12-5-10(3-4-11(12)7-17-14)13-8-16-9-18(13)2;1-6-12(7-2)9-8-10(3)11(4)13-5;1-2/h3-9H,1-2H3,(H,15,17);6-9,13H,1,3-4H2,2,5H3;1-2H3/b;9-8-,12-7-;. The van der Waals surface area contributed by atoms with Gasteiger partial charge in [-0.05, 0) is 35.6 Å². The van der Waals surface area contributed by atoms with Gasteiger partial charge in [-0.3, -0.25) is 0 Å². The van der Waals surface area contributed by atoms with Crippen molar-refractivity contribution in [2.75, 3.05) is 19.4 Å². The van der Waals surface area contributed by atoms with Crippen LogP contribution in [0.3, 0.4) is 0 Å². The Kier molecular flexibility index (Phi) is 11.7. The van der Waals surface area contributed by atoms with Gasteiger partial charge in [0, 0.05) is 44.0 Å². The van der Waals surface area contributed by atoms with E-state index in [2.05, 4.69) is 64.6 Å². The Bertz CT molecular complexity index is 1130. The lowest BCUT2D eigenvalue weighted by atomic mass is 10.1. The fourth-order valence-electron chi connectivity index (χ4n) is 2.81. The molecule has 0 radical (unpaired) electrons. The first-order valence-corrected chi connectivity index (χ1v) is 11.0. The molecule has 0 saturated heterocycles. The molecule has 0 fully saturated rings. The Morgan fingerprint density at radius 3 is 2.30 bits per heavy atom. The molecule has 5 nitrogen and oxygen atoms in total. The Morgan fingerprint density at radius 1 is 1.03 bits per heavy atom. The second-order valence-corrected chi connectivity index (χ2v) is 6.85. The van der Waals surface area contributed by atoms with E-state index in [9.17, 15) is 0 Å². The average molecular weight is 444 g/mol. The minimum absolute atomic E-state index is 0.829. The molecule has 0 aliphatic heterocycles. The number of pyridine rings is 1. The number of nitrogens with one attached hydrogen (secondary N) is 2. The molecule has 5 heteroatoms. The van der Waals surface area contributed by atoms with Crippen LogP contribution in [-0.4, -0.2) is 28.6 Å². The van der Waals surface area contributed by atoms with Crippen LogP contribution in [0, 0.1) is 0 Å². The van der Waals surface area contributed by atoms with Gasteiger partial charge in [0.15, 0.2) is 0 Å². The Morgan fingerprint density at radius 2 is 1.76 bits per heavy atom. The van der Waals surface area contributed by atoms with Gasteiger partial charge >= 0.3 is 0 Å². The van der Waals surface area contributed by atoms with Gasteiger partial charge in [-0.1, -0.05) is 70.0 Å². The monoisotopic (exact) mass is 443 g/mol. The normalized spacial score (nSPS) is 10.5. The number of fused-ring (bicyclic) bond motifs is 1. The molecule has 0 spiro atoms. The molecule has 0 amide bonds. The highest BCUT2D eigenvalue weighted by Gasteiger charge is 2.04. The number of benzene rings is 1. The highest BCUT2D eigenvalue weighted by molar-refractivity contribution is 5.87. The maximum atomic E-state index is 4.31. The number of anilines is 1. The van der Waals surface area contributed by atoms with Gasteiger partial charge in [0.1, 0.15) is 5.82 Å². The number of imidazole rings is 1. The van der Waals surface area contributed by atoms with Crippen LogP contribution in [-0.2, 0) is 7.05 Å². The van der Waals surface area contributed by atoms with Crippen molar-refractivity contribution >= 4 is 16.6 Å². The molecule has 0 unspecified atom stereocenters. The lowest BCUT2D eigenvalue weighted by Gasteiger charge is -2.06. The summed E-state index contributed by atoms with van der Waals surface area (Å²) in [7, 11) is 5.70. The Balaban J connectivity index is 0.000000324. The van der Waals surface area contributed by atoms with Crippen LogP contribution in [0.15, 0.2) is 104 Å². The Hall–Kier alpha value is -3.86. The second-order valence-electron chi connectivity index (χ2n) is 6.85. The van der Waals surface area contributed by atoms with Gasteiger partial charge < -0.3 is 15.2 Å². The fourth-order valence-corrected chi connectivity index (χ4v) is 2.81. The lowest BCUT2D eigenvalue weighted by molar-refractivity contribution is 0.921. The average Bonchev–Trinajstić information content (AvgIpc) is 3.30. The summed E-state index contributed by atoms with van der Waals surface area (Å²) >= 11 is 0. The van der Waals surface area contributed by atoms with Crippen LogP contribution in [0.1, 0.15) is 20.8 Å². The summed E-state index contributed by atoms with van der Waals surface area (Å²) in [5, 5.41) is 8.30. The summed E-state index contributed by atoms with van der Waals surface area (Å²) in [5.74, 6) is 0.879. The molecule has 2 N–H and O–H groups in total. The van der Waals surface area contributed by atoms with Crippen LogP contribution in [0.5, 0.6) is 0 Å². The summed E-state index contributed by atoms with van der Waals surface area (Å²) in [6.07, 6.45) is 13.2. The topological polar surface area (TPSA) is 54.8 Å². The second kappa shape index (κ2) is 14.2. The highest BCUT2D eigenvalue weighted by atomic mass is 15.0. The number of nitrogens with zero attached hydrogens (tertiary/aromatic N) is 3. The van der Waals surface area contributed by atoms with Crippen molar-refractivity contribution < 1.29 is 0 Å². The predicted octanol–water partition coefficient (Wildman–Crippen LogP) is 6.67. The zero-order chi connectivity index (χ0) is 24.8. The van der Waals surface area contributed by atoms with E-state index in [-0.39, 0.29) is 0 Å². The summed E-state index contributed by atoms with van der Waals surface area (Å²) in [5.41, 5.74) is 5.06. The molecule has 0 atom stereocenters. The van der Waals surface area contributed by atoms with E-state index < -0.39 is 0 Å². The third kappa shape index (κ3) is 7.96. The molecule has 0 saturated carbocycles. The van der Waals surface area contributed by atoms with E-state index in [0.29, 0.717) is 0 Å². The van der Waals surface area contributed by atoms with E-state index in [1.54, 1.807) is 6.08 Å². The summed E-state index contributed by atoms with van der Waals surface area (Å²) < 4.78 is 2.02. The van der Waals surface area contributed by atoms with Crippen molar-refractivity contribution in [3.63, 3.8) is 0 Å². The third-order valence-electron chi connectivity index (χ3n) is 4.83. The van der Waals surface area contributed by atoms with Gasteiger partial charge in [0.25, 0.3) is 0 Å². The molecule has 174 valence electrons. The minimum Gasteiger partial charge on any atom is -0.388 e. The smallest absolute Gasteiger partial charge is 0.126 e. The van der Waals surface area contributed by atoms with Crippen molar-refractivity contribution in [1.82, 2.24) is 19.9 Å².